The van der Waals surface area contributed by atoms with Gasteiger partial charge in [-0.1, -0.05) is 90.9 Å². The molecule has 1 rings (SSSR count). The Morgan fingerprint density at radius 3 is 1.50 bits per heavy atom. The van der Waals surface area contributed by atoms with Crippen LogP contribution in [0.25, 0.3) is 0 Å². The van der Waals surface area contributed by atoms with Gasteiger partial charge in [0.15, 0.2) is 12.4 Å². The van der Waals surface area contributed by atoms with Crippen LogP contribution in [-0.4, -0.2) is 0 Å². The van der Waals surface area contributed by atoms with E-state index in [4.69, 9.17) is 0 Å². The van der Waals surface area contributed by atoms with Crippen LogP contribution >= 0.6 is 0 Å². The SMILES string of the molecule is CCCCCCCCCC[n+]1ccc(CCCCCCCCC)cc1.[Cl-]. The van der Waals surface area contributed by atoms with E-state index in [-0.39, 0.29) is 12.4 Å². The zero-order valence-electron chi connectivity index (χ0n) is 17.7. The molecular weight excluding hydrogens is 338 g/mol. The van der Waals surface area contributed by atoms with E-state index in [9.17, 15) is 0 Å². The summed E-state index contributed by atoms with van der Waals surface area (Å²) in [4.78, 5) is 0. The van der Waals surface area contributed by atoms with Gasteiger partial charge in [0.05, 0.1) is 0 Å². The maximum atomic E-state index is 2.37. The van der Waals surface area contributed by atoms with Gasteiger partial charge in [-0.15, -0.1) is 0 Å². The highest BCUT2D eigenvalue weighted by Crippen LogP contribution is 2.10. The Labute approximate surface area is 170 Å². The molecule has 0 aromatic carbocycles. The van der Waals surface area contributed by atoms with Gasteiger partial charge in [-0.05, 0) is 24.8 Å². The Kier molecular flexibility index (Phi) is 18.8. The van der Waals surface area contributed by atoms with Crippen LogP contribution in [0.3, 0.4) is 0 Å². The topological polar surface area (TPSA) is 3.88 Å². The molecule has 0 aliphatic heterocycles. The average Bonchev–Trinajstić information content (AvgIpc) is 2.64. The summed E-state index contributed by atoms with van der Waals surface area (Å²) in [6.07, 6.45) is 26.9. The maximum absolute atomic E-state index is 2.37. The summed E-state index contributed by atoms with van der Waals surface area (Å²) in [5.41, 5.74) is 1.51. The first-order valence-electron chi connectivity index (χ1n) is 11.3. The van der Waals surface area contributed by atoms with Gasteiger partial charge in [-0.3, -0.25) is 0 Å². The first kappa shape index (κ1) is 25.4. The van der Waals surface area contributed by atoms with Gasteiger partial charge in [-0.25, -0.2) is 4.57 Å². The van der Waals surface area contributed by atoms with Crippen LogP contribution in [0.15, 0.2) is 24.5 Å². The smallest absolute Gasteiger partial charge is 0.169 e. The molecule has 0 aliphatic carbocycles. The minimum Gasteiger partial charge on any atom is -1.00 e. The quantitative estimate of drug-likeness (QED) is 0.278. The van der Waals surface area contributed by atoms with Crippen molar-refractivity contribution in [2.24, 2.45) is 0 Å². The Hall–Kier alpha value is -0.560. The molecule has 0 atom stereocenters. The largest absolute Gasteiger partial charge is 1.00 e. The minimum absolute atomic E-state index is 0. The van der Waals surface area contributed by atoms with E-state index in [1.54, 1.807) is 0 Å². The lowest BCUT2D eigenvalue weighted by atomic mass is 10.1. The molecule has 1 nitrogen and oxygen atoms in total. The van der Waals surface area contributed by atoms with Crippen LogP contribution in [0.1, 0.15) is 116 Å². The molecule has 0 bridgehead atoms. The van der Waals surface area contributed by atoms with Crippen molar-refractivity contribution in [3.63, 3.8) is 0 Å². The number of halogens is 1. The summed E-state index contributed by atoms with van der Waals surface area (Å²) in [6.45, 7) is 5.76. The van der Waals surface area contributed by atoms with Crippen LogP contribution in [0.4, 0.5) is 0 Å². The summed E-state index contributed by atoms with van der Waals surface area (Å²) in [6, 6.07) is 4.67. The van der Waals surface area contributed by atoms with Crippen LogP contribution in [0.5, 0.6) is 0 Å². The molecule has 0 fully saturated rings. The zero-order chi connectivity index (χ0) is 18.0. The molecule has 1 heterocycles. The monoisotopic (exact) mass is 381 g/mol. The van der Waals surface area contributed by atoms with Crippen LogP contribution in [-0.2, 0) is 13.0 Å². The molecule has 1 aromatic rings. The molecule has 0 spiro atoms. The van der Waals surface area contributed by atoms with Crippen LogP contribution < -0.4 is 17.0 Å². The molecule has 0 aliphatic rings. The fraction of sp³-hybridized carbons (Fsp3) is 0.792. The fourth-order valence-corrected chi connectivity index (χ4v) is 3.52. The van der Waals surface area contributed by atoms with Crippen molar-refractivity contribution < 1.29 is 17.0 Å². The number of unbranched alkanes of at least 4 members (excludes halogenated alkanes) is 13. The summed E-state index contributed by atoms with van der Waals surface area (Å²) >= 11 is 0. The summed E-state index contributed by atoms with van der Waals surface area (Å²) < 4.78 is 2.37. The number of pyridine rings is 1. The molecule has 0 saturated carbocycles. The van der Waals surface area contributed by atoms with Gasteiger partial charge >= 0.3 is 0 Å². The lowest BCUT2D eigenvalue weighted by Gasteiger charge is -2.03. The van der Waals surface area contributed by atoms with Crippen molar-refractivity contribution in [2.75, 3.05) is 0 Å². The molecule has 0 N–H and O–H groups in total. The molecule has 26 heavy (non-hydrogen) atoms. The Balaban J connectivity index is 0.00000625. The number of hydrogen-bond acceptors (Lipinski definition) is 0. The van der Waals surface area contributed by atoms with E-state index < -0.39 is 0 Å². The molecular formula is C24H44ClN. The molecule has 1 aromatic heterocycles. The standard InChI is InChI=1S/C24H44N.ClH/c1-3-5-7-9-11-13-15-17-21-25-22-19-24(20-23-25)18-16-14-12-10-8-6-4-2;/h19-20,22-23H,3-18,21H2,1-2H3;1H/q+1;/p-1. The van der Waals surface area contributed by atoms with Crippen LogP contribution in [0.2, 0.25) is 0 Å². The highest BCUT2D eigenvalue weighted by molar-refractivity contribution is 5.07. The summed E-state index contributed by atoms with van der Waals surface area (Å²) in [7, 11) is 0. The van der Waals surface area contributed by atoms with E-state index in [1.807, 2.05) is 0 Å². The first-order chi connectivity index (χ1) is 12.4. The van der Waals surface area contributed by atoms with Crippen LogP contribution in [0, 0.1) is 0 Å². The van der Waals surface area contributed by atoms with Crippen molar-refractivity contribution in [3.05, 3.63) is 30.1 Å². The molecule has 0 amide bonds. The number of nitrogens with zero attached hydrogens (tertiary/aromatic N) is 1. The highest BCUT2D eigenvalue weighted by atomic mass is 35.5. The zero-order valence-corrected chi connectivity index (χ0v) is 18.4. The lowest BCUT2D eigenvalue weighted by Crippen LogP contribution is -3.00. The predicted octanol–water partition coefficient (Wildman–Crippen LogP) is 4.41. The van der Waals surface area contributed by atoms with Gasteiger partial charge in [0.2, 0.25) is 0 Å². The van der Waals surface area contributed by atoms with Gasteiger partial charge in [0.25, 0.3) is 0 Å². The van der Waals surface area contributed by atoms with E-state index in [0.29, 0.717) is 0 Å². The van der Waals surface area contributed by atoms with Crippen molar-refractivity contribution in [1.82, 2.24) is 0 Å². The highest BCUT2D eigenvalue weighted by Gasteiger charge is 2.01. The fourth-order valence-electron chi connectivity index (χ4n) is 3.52. The maximum Gasteiger partial charge on any atom is 0.169 e. The van der Waals surface area contributed by atoms with Gasteiger partial charge in [0.1, 0.15) is 6.54 Å². The van der Waals surface area contributed by atoms with Crippen molar-refractivity contribution in [1.29, 1.82) is 0 Å². The van der Waals surface area contributed by atoms with E-state index in [1.165, 1.54) is 115 Å². The molecule has 0 radical (unpaired) electrons. The van der Waals surface area contributed by atoms with E-state index in [0.717, 1.165) is 0 Å². The Morgan fingerprint density at radius 2 is 1.00 bits per heavy atom. The number of rotatable bonds is 17. The molecule has 152 valence electrons. The Morgan fingerprint density at radius 1 is 0.577 bits per heavy atom. The average molecular weight is 382 g/mol. The van der Waals surface area contributed by atoms with Gasteiger partial charge < -0.3 is 12.4 Å². The van der Waals surface area contributed by atoms with E-state index >= 15 is 0 Å². The second-order valence-electron chi connectivity index (χ2n) is 7.79. The Bertz CT molecular complexity index is 388. The second-order valence-corrected chi connectivity index (χ2v) is 7.79. The first-order valence-corrected chi connectivity index (χ1v) is 11.3. The minimum atomic E-state index is 0. The molecule has 0 unspecified atom stereocenters. The van der Waals surface area contributed by atoms with Crippen molar-refractivity contribution in [3.8, 4) is 0 Å². The molecule has 0 saturated heterocycles. The van der Waals surface area contributed by atoms with Crippen molar-refractivity contribution in [2.45, 2.75) is 123 Å². The van der Waals surface area contributed by atoms with Gasteiger partial charge in [-0.2, -0.15) is 0 Å². The van der Waals surface area contributed by atoms with Gasteiger partial charge in [0, 0.05) is 18.6 Å². The third kappa shape index (κ3) is 14.6. The normalized spacial score (nSPS) is 10.7. The summed E-state index contributed by atoms with van der Waals surface area (Å²) in [5.74, 6) is 0. The summed E-state index contributed by atoms with van der Waals surface area (Å²) in [5, 5.41) is 0. The third-order valence-electron chi connectivity index (χ3n) is 5.30. The molecule has 2 heteroatoms. The third-order valence-corrected chi connectivity index (χ3v) is 5.30. The number of aryl methyl sites for hydroxylation is 2. The predicted molar refractivity (Wildman–Crippen MR) is 111 cm³/mol. The second kappa shape index (κ2) is 19.2. The number of aromatic nitrogens is 1. The lowest BCUT2D eigenvalue weighted by molar-refractivity contribution is -0.697. The van der Waals surface area contributed by atoms with E-state index in [2.05, 4.69) is 42.9 Å². The van der Waals surface area contributed by atoms with Crippen molar-refractivity contribution >= 4 is 0 Å². The number of hydrogen-bond donors (Lipinski definition) is 0.